The van der Waals surface area contributed by atoms with Gasteiger partial charge in [-0.25, -0.2) is 10.1 Å². The lowest BCUT2D eigenvalue weighted by atomic mass is 10.2. The monoisotopic (exact) mass is 659 g/mol. The largest absolute Gasteiger partial charge is 0.490 e. The number of nitrogens with zero attached hydrogens (tertiary/aromatic N) is 7. The lowest BCUT2D eigenvalue weighted by Crippen LogP contribution is -2.36. The van der Waals surface area contributed by atoms with Crippen molar-refractivity contribution in [1.29, 1.82) is 0 Å². The van der Waals surface area contributed by atoms with Crippen LogP contribution in [-0.2, 0) is 17.9 Å². The highest BCUT2D eigenvalue weighted by Gasteiger charge is 2.26. The fourth-order valence-corrected chi connectivity index (χ4v) is 4.92. The summed E-state index contributed by atoms with van der Waals surface area (Å²) in [5.74, 6) is 0.434. The summed E-state index contributed by atoms with van der Waals surface area (Å²) in [6.45, 7) is 5.45. The van der Waals surface area contributed by atoms with Crippen LogP contribution >= 0.6 is 27.5 Å². The van der Waals surface area contributed by atoms with Gasteiger partial charge < -0.3 is 19.9 Å². The van der Waals surface area contributed by atoms with E-state index >= 15 is 0 Å². The average Bonchev–Trinajstić information content (AvgIpc) is 3.59. The predicted molar refractivity (Wildman–Crippen MR) is 156 cm³/mol. The van der Waals surface area contributed by atoms with Gasteiger partial charge in [0, 0.05) is 30.2 Å². The molecule has 220 valence electrons. The van der Waals surface area contributed by atoms with E-state index in [-0.39, 0.29) is 23.9 Å². The van der Waals surface area contributed by atoms with Crippen molar-refractivity contribution in [2.24, 2.45) is 5.10 Å². The third kappa shape index (κ3) is 6.87. The van der Waals surface area contributed by atoms with Gasteiger partial charge in [0.15, 0.2) is 17.2 Å². The van der Waals surface area contributed by atoms with Gasteiger partial charge in [0.25, 0.3) is 5.91 Å². The standard InChI is InChI=1S/C26H27BrClN9O5/c1-2-40-21-12-16(11-18(27)23(21)41-15-17-5-3-4-6-19(17)28)13-30-32-26(38)22-20(14-36-7-9-39-10-8-36)31-35-37(22)25-24(29)33-42-34-25/h3-6,11-13H,2,7-10,14-15H2,1H3,(H2,29,33)(H,32,38)/b30-13-. The fraction of sp³-hybridized carbons (Fsp3) is 0.308. The molecule has 5 rings (SSSR count). The summed E-state index contributed by atoms with van der Waals surface area (Å²) in [7, 11) is 0. The first-order chi connectivity index (χ1) is 20.4. The summed E-state index contributed by atoms with van der Waals surface area (Å²) in [4.78, 5) is 15.5. The molecule has 42 heavy (non-hydrogen) atoms. The topological polar surface area (TPSA) is 168 Å². The molecule has 0 unspecified atom stereocenters. The number of benzene rings is 2. The number of hydrogen-bond donors (Lipinski definition) is 2. The number of hydrazone groups is 1. The summed E-state index contributed by atoms with van der Waals surface area (Å²) < 4.78 is 23.8. The van der Waals surface area contributed by atoms with Crippen LogP contribution in [0, 0.1) is 0 Å². The molecule has 0 bridgehead atoms. The minimum atomic E-state index is -0.578. The van der Waals surface area contributed by atoms with E-state index < -0.39 is 5.91 Å². The van der Waals surface area contributed by atoms with Crippen LogP contribution in [-0.4, -0.2) is 75.2 Å². The van der Waals surface area contributed by atoms with E-state index in [0.29, 0.717) is 71.7 Å². The lowest BCUT2D eigenvalue weighted by Gasteiger charge is -2.25. The Morgan fingerprint density at radius 2 is 2.05 bits per heavy atom. The minimum absolute atomic E-state index is 0.0412. The molecule has 14 nitrogen and oxygen atoms in total. The second kappa shape index (κ2) is 13.7. The second-order valence-corrected chi connectivity index (χ2v) is 10.3. The normalized spacial score (nSPS) is 13.9. The van der Waals surface area contributed by atoms with Crippen molar-refractivity contribution < 1.29 is 23.6 Å². The highest BCUT2D eigenvalue weighted by Crippen LogP contribution is 2.37. The maximum Gasteiger partial charge on any atom is 0.292 e. The minimum Gasteiger partial charge on any atom is -0.490 e. The number of carbonyl (C=O) groups is 1. The molecule has 2 aromatic heterocycles. The molecule has 0 aliphatic carbocycles. The quantitative estimate of drug-likeness (QED) is 0.179. The Kier molecular flexibility index (Phi) is 9.63. The zero-order valence-electron chi connectivity index (χ0n) is 22.5. The zero-order chi connectivity index (χ0) is 29.5. The Morgan fingerprint density at radius 1 is 1.24 bits per heavy atom. The van der Waals surface area contributed by atoms with Crippen molar-refractivity contribution in [1.82, 2.24) is 35.6 Å². The highest BCUT2D eigenvalue weighted by atomic mass is 79.9. The number of ether oxygens (including phenoxy) is 3. The average molecular weight is 661 g/mol. The third-order valence-corrected chi connectivity index (χ3v) is 7.13. The van der Waals surface area contributed by atoms with Crippen molar-refractivity contribution in [3.05, 3.63) is 68.4 Å². The number of amides is 1. The molecule has 1 aliphatic heterocycles. The molecular formula is C26H27BrClN9O5. The summed E-state index contributed by atoms with van der Waals surface area (Å²) >= 11 is 9.83. The molecule has 1 aliphatic rings. The van der Waals surface area contributed by atoms with Crippen LogP contribution in [0.4, 0.5) is 5.82 Å². The van der Waals surface area contributed by atoms with Gasteiger partial charge in [-0.1, -0.05) is 35.0 Å². The van der Waals surface area contributed by atoms with Crippen molar-refractivity contribution in [2.75, 3.05) is 38.6 Å². The second-order valence-electron chi connectivity index (χ2n) is 9.00. The predicted octanol–water partition coefficient (Wildman–Crippen LogP) is 3.22. The van der Waals surface area contributed by atoms with E-state index in [1.165, 1.54) is 10.9 Å². The van der Waals surface area contributed by atoms with Gasteiger partial charge in [-0.3, -0.25) is 9.69 Å². The number of hydrogen-bond acceptors (Lipinski definition) is 12. The molecule has 0 saturated carbocycles. The van der Waals surface area contributed by atoms with Crippen LogP contribution < -0.4 is 20.6 Å². The van der Waals surface area contributed by atoms with E-state index in [1.807, 2.05) is 25.1 Å². The SMILES string of the molecule is CCOc1cc(/C=N\NC(=O)c2c(CN3CCOCC3)nnn2-c2nonc2N)cc(Br)c1OCc1ccccc1Cl. The number of nitrogen functional groups attached to an aromatic ring is 1. The maximum atomic E-state index is 13.4. The Bertz CT molecular complexity index is 1570. The number of carbonyl (C=O) groups excluding carboxylic acids is 1. The fourth-order valence-electron chi connectivity index (χ4n) is 4.15. The molecule has 1 amide bonds. The van der Waals surface area contributed by atoms with Crippen LogP contribution in [0.5, 0.6) is 11.5 Å². The van der Waals surface area contributed by atoms with Gasteiger partial charge in [-0.2, -0.15) is 9.78 Å². The highest BCUT2D eigenvalue weighted by molar-refractivity contribution is 9.10. The molecule has 1 fully saturated rings. The van der Waals surface area contributed by atoms with Gasteiger partial charge in [0.2, 0.25) is 11.6 Å². The molecule has 3 heterocycles. The number of aromatic nitrogens is 5. The Morgan fingerprint density at radius 3 is 2.79 bits per heavy atom. The van der Waals surface area contributed by atoms with Gasteiger partial charge in [0.05, 0.1) is 30.5 Å². The third-order valence-electron chi connectivity index (χ3n) is 6.17. The number of morpholine rings is 1. The van der Waals surface area contributed by atoms with E-state index in [9.17, 15) is 4.79 Å². The van der Waals surface area contributed by atoms with Crippen LogP contribution in [0.2, 0.25) is 5.02 Å². The van der Waals surface area contributed by atoms with Crippen molar-refractivity contribution in [3.8, 4) is 17.3 Å². The number of nitrogens with two attached hydrogens (primary N) is 1. The Hall–Kier alpha value is -4.05. The lowest BCUT2D eigenvalue weighted by molar-refractivity contribution is 0.0335. The van der Waals surface area contributed by atoms with Crippen molar-refractivity contribution >= 4 is 45.5 Å². The van der Waals surface area contributed by atoms with E-state index in [4.69, 9.17) is 36.2 Å². The number of rotatable bonds is 11. The smallest absolute Gasteiger partial charge is 0.292 e. The molecule has 2 aromatic carbocycles. The van der Waals surface area contributed by atoms with Crippen LogP contribution in [0.15, 0.2) is 50.6 Å². The number of anilines is 1. The molecule has 16 heteroatoms. The van der Waals surface area contributed by atoms with Crippen LogP contribution in [0.3, 0.4) is 0 Å². The first-order valence-corrected chi connectivity index (χ1v) is 14.1. The van der Waals surface area contributed by atoms with Crippen LogP contribution in [0.25, 0.3) is 5.82 Å². The van der Waals surface area contributed by atoms with Gasteiger partial charge >= 0.3 is 0 Å². The summed E-state index contributed by atoms with van der Waals surface area (Å²) in [5, 5.41) is 20.4. The molecule has 1 saturated heterocycles. The van der Waals surface area contributed by atoms with Gasteiger partial charge in [0.1, 0.15) is 12.3 Å². The molecule has 0 atom stereocenters. The summed E-state index contributed by atoms with van der Waals surface area (Å²) in [6, 6.07) is 11.0. The number of nitrogens with one attached hydrogen (secondary N) is 1. The summed E-state index contributed by atoms with van der Waals surface area (Å²) in [6.07, 6.45) is 1.48. The van der Waals surface area contributed by atoms with E-state index in [2.05, 4.69) is 52.0 Å². The van der Waals surface area contributed by atoms with Crippen molar-refractivity contribution in [3.63, 3.8) is 0 Å². The van der Waals surface area contributed by atoms with Gasteiger partial charge in [-0.05, 0) is 56.9 Å². The van der Waals surface area contributed by atoms with E-state index in [0.717, 1.165) is 5.56 Å². The Balaban J connectivity index is 1.34. The molecule has 3 N–H and O–H groups in total. The number of halogens is 2. The summed E-state index contributed by atoms with van der Waals surface area (Å²) in [5.41, 5.74) is 10.4. The van der Waals surface area contributed by atoms with Gasteiger partial charge in [-0.15, -0.1) is 5.10 Å². The first kappa shape index (κ1) is 29.4. The molecule has 0 spiro atoms. The first-order valence-electron chi connectivity index (χ1n) is 12.9. The molecular weight excluding hydrogens is 634 g/mol. The zero-order valence-corrected chi connectivity index (χ0v) is 24.8. The van der Waals surface area contributed by atoms with Crippen molar-refractivity contribution in [2.45, 2.75) is 20.1 Å². The van der Waals surface area contributed by atoms with Crippen LogP contribution in [0.1, 0.15) is 34.2 Å². The maximum absolute atomic E-state index is 13.4. The molecule has 4 aromatic rings. The van der Waals surface area contributed by atoms with E-state index in [1.54, 1.807) is 18.2 Å². The Labute approximate surface area is 253 Å². The molecule has 0 radical (unpaired) electrons.